The van der Waals surface area contributed by atoms with E-state index in [9.17, 15) is 19.7 Å². The van der Waals surface area contributed by atoms with Crippen molar-refractivity contribution in [2.45, 2.75) is 0 Å². The zero-order valence-electron chi connectivity index (χ0n) is 13.3. The molecular weight excluding hydrogens is 328 g/mol. The molecule has 9 heteroatoms. The lowest BCUT2D eigenvalue weighted by Gasteiger charge is -2.34. The Balaban J connectivity index is 1.67. The van der Waals surface area contributed by atoms with Crippen molar-refractivity contribution in [3.05, 3.63) is 58.0 Å². The molecule has 0 atom stereocenters. The second-order valence-corrected chi connectivity index (χ2v) is 5.63. The monoisotopic (exact) mass is 344 g/mol. The number of nitrogen functional groups attached to an aromatic ring is 1. The first-order valence-corrected chi connectivity index (χ1v) is 7.62. The van der Waals surface area contributed by atoms with Crippen molar-refractivity contribution in [2.24, 2.45) is 0 Å². The smallest absolute Gasteiger partial charge is 0.292 e. The Labute approximate surface area is 142 Å². The molecular formula is C16H16N4O5. The average molecular weight is 344 g/mol. The summed E-state index contributed by atoms with van der Waals surface area (Å²) >= 11 is 0. The number of carbonyl (C=O) groups is 2. The third-order valence-corrected chi connectivity index (χ3v) is 4.10. The summed E-state index contributed by atoms with van der Waals surface area (Å²) in [6, 6.07) is 5.59. The molecule has 1 aliphatic rings. The normalized spacial score (nSPS) is 14.4. The van der Waals surface area contributed by atoms with Gasteiger partial charge >= 0.3 is 0 Å². The third kappa shape index (κ3) is 3.30. The lowest BCUT2D eigenvalue weighted by Crippen LogP contribution is -2.50. The molecule has 0 bridgehead atoms. The van der Waals surface area contributed by atoms with E-state index < -0.39 is 4.92 Å². The summed E-state index contributed by atoms with van der Waals surface area (Å²) in [6.45, 7) is 1.46. The first-order valence-electron chi connectivity index (χ1n) is 7.62. The van der Waals surface area contributed by atoms with Gasteiger partial charge in [-0.25, -0.2) is 0 Å². The van der Waals surface area contributed by atoms with Gasteiger partial charge in [0.25, 0.3) is 17.5 Å². The van der Waals surface area contributed by atoms with Crippen LogP contribution in [0.3, 0.4) is 0 Å². The maximum absolute atomic E-state index is 12.5. The van der Waals surface area contributed by atoms with E-state index in [0.717, 1.165) is 0 Å². The van der Waals surface area contributed by atoms with E-state index in [-0.39, 0.29) is 28.8 Å². The summed E-state index contributed by atoms with van der Waals surface area (Å²) in [6.07, 6.45) is 2.81. The molecule has 1 fully saturated rings. The van der Waals surface area contributed by atoms with Gasteiger partial charge in [0.05, 0.1) is 16.7 Å². The van der Waals surface area contributed by atoms with Crippen LogP contribution in [-0.2, 0) is 0 Å². The minimum atomic E-state index is -0.617. The van der Waals surface area contributed by atoms with Gasteiger partial charge in [0, 0.05) is 37.8 Å². The van der Waals surface area contributed by atoms with Crippen LogP contribution in [0.5, 0.6) is 0 Å². The van der Waals surface area contributed by atoms with E-state index in [1.54, 1.807) is 15.9 Å². The number of nitrogens with zero attached hydrogens (tertiary/aromatic N) is 3. The molecule has 3 rings (SSSR count). The Bertz CT molecular complexity index is 810. The van der Waals surface area contributed by atoms with E-state index >= 15 is 0 Å². The van der Waals surface area contributed by atoms with Gasteiger partial charge in [0.1, 0.15) is 12.0 Å². The number of nitrogens with two attached hydrogens (primary N) is 1. The van der Waals surface area contributed by atoms with Crippen LogP contribution in [0.2, 0.25) is 0 Å². The number of piperazine rings is 1. The van der Waals surface area contributed by atoms with Gasteiger partial charge in [-0.1, -0.05) is 0 Å². The van der Waals surface area contributed by atoms with E-state index in [0.29, 0.717) is 31.7 Å². The van der Waals surface area contributed by atoms with Gasteiger partial charge in [0.2, 0.25) is 0 Å². The van der Waals surface area contributed by atoms with Crippen LogP contribution in [0.4, 0.5) is 11.4 Å². The highest BCUT2D eigenvalue weighted by molar-refractivity contribution is 5.96. The Morgan fingerprint density at radius 2 is 1.64 bits per heavy atom. The standard InChI is InChI=1S/C16H16N4O5/c17-13-2-1-11(9-14(13)20(23)24)15(21)18-4-6-19(7-5-18)16(22)12-3-8-25-10-12/h1-3,8-10H,4-7,17H2. The number of anilines is 1. The summed E-state index contributed by atoms with van der Waals surface area (Å²) in [4.78, 5) is 38.3. The van der Waals surface area contributed by atoms with E-state index in [1.807, 2.05) is 0 Å². The van der Waals surface area contributed by atoms with Crippen LogP contribution in [0.1, 0.15) is 20.7 Å². The van der Waals surface area contributed by atoms with Gasteiger partial charge in [-0.2, -0.15) is 0 Å². The number of nitro benzene ring substituents is 1. The molecule has 2 aromatic rings. The summed E-state index contributed by atoms with van der Waals surface area (Å²) in [7, 11) is 0. The Morgan fingerprint density at radius 3 is 2.16 bits per heavy atom. The zero-order valence-corrected chi connectivity index (χ0v) is 13.3. The number of amides is 2. The third-order valence-electron chi connectivity index (χ3n) is 4.10. The van der Waals surface area contributed by atoms with Crippen LogP contribution in [0, 0.1) is 10.1 Å². The van der Waals surface area contributed by atoms with Crippen molar-refractivity contribution in [2.75, 3.05) is 31.9 Å². The fraction of sp³-hybridized carbons (Fsp3) is 0.250. The topological polar surface area (TPSA) is 123 Å². The molecule has 0 aliphatic carbocycles. The molecule has 0 spiro atoms. The lowest BCUT2D eigenvalue weighted by molar-refractivity contribution is -0.383. The van der Waals surface area contributed by atoms with Crippen molar-refractivity contribution in [1.82, 2.24) is 9.80 Å². The van der Waals surface area contributed by atoms with Crippen molar-refractivity contribution in [3.8, 4) is 0 Å². The second-order valence-electron chi connectivity index (χ2n) is 5.63. The van der Waals surface area contributed by atoms with Crippen LogP contribution in [0.15, 0.2) is 41.2 Å². The number of hydrogen-bond acceptors (Lipinski definition) is 6. The van der Waals surface area contributed by atoms with Gasteiger partial charge in [-0.15, -0.1) is 0 Å². The van der Waals surface area contributed by atoms with E-state index in [1.165, 1.54) is 30.7 Å². The van der Waals surface area contributed by atoms with Gasteiger partial charge in [0.15, 0.2) is 0 Å². The Morgan fingerprint density at radius 1 is 1.04 bits per heavy atom. The Kier molecular flexibility index (Phi) is 4.38. The van der Waals surface area contributed by atoms with E-state index in [4.69, 9.17) is 10.2 Å². The Hall–Kier alpha value is -3.36. The number of hydrogen-bond donors (Lipinski definition) is 1. The predicted molar refractivity (Wildman–Crippen MR) is 88.0 cm³/mol. The van der Waals surface area contributed by atoms with Crippen LogP contribution in [-0.4, -0.2) is 52.7 Å². The predicted octanol–water partition coefficient (Wildman–Crippen LogP) is 1.37. The maximum atomic E-state index is 12.5. The largest absolute Gasteiger partial charge is 0.472 e. The highest BCUT2D eigenvalue weighted by Crippen LogP contribution is 2.23. The summed E-state index contributed by atoms with van der Waals surface area (Å²) in [5.41, 5.74) is 5.94. The zero-order chi connectivity index (χ0) is 18.0. The number of nitro groups is 1. The number of rotatable bonds is 3. The second kappa shape index (κ2) is 6.63. The average Bonchev–Trinajstić information content (AvgIpc) is 3.15. The van der Waals surface area contributed by atoms with E-state index in [2.05, 4.69) is 0 Å². The molecule has 1 saturated heterocycles. The summed E-state index contributed by atoms with van der Waals surface area (Å²) in [5, 5.41) is 11.0. The van der Waals surface area contributed by atoms with Gasteiger partial charge in [-0.3, -0.25) is 19.7 Å². The first kappa shape index (κ1) is 16.5. The molecule has 1 aromatic heterocycles. The van der Waals surface area contributed by atoms with Gasteiger partial charge in [-0.05, 0) is 18.2 Å². The number of carbonyl (C=O) groups excluding carboxylic acids is 2. The molecule has 9 nitrogen and oxygen atoms in total. The van der Waals surface area contributed by atoms with Crippen LogP contribution >= 0.6 is 0 Å². The fourth-order valence-corrected chi connectivity index (χ4v) is 2.70. The number of benzene rings is 1. The van der Waals surface area contributed by atoms with Crippen molar-refractivity contribution >= 4 is 23.2 Å². The molecule has 2 N–H and O–H groups in total. The minimum Gasteiger partial charge on any atom is -0.472 e. The van der Waals surface area contributed by atoms with Crippen molar-refractivity contribution in [3.63, 3.8) is 0 Å². The lowest BCUT2D eigenvalue weighted by atomic mass is 10.1. The van der Waals surface area contributed by atoms with Crippen LogP contribution < -0.4 is 5.73 Å². The molecule has 0 unspecified atom stereocenters. The van der Waals surface area contributed by atoms with Crippen molar-refractivity contribution in [1.29, 1.82) is 0 Å². The molecule has 1 aliphatic heterocycles. The van der Waals surface area contributed by atoms with Crippen molar-refractivity contribution < 1.29 is 18.9 Å². The molecule has 130 valence electrons. The molecule has 1 aromatic carbocycles. The van der Waals surface area contributed by atoms with Crippen LogP contribution in [0.25, 0.3) is 0 Å². The molecule has 2 heterocycles. The summed E-state index contributed by atoms with van der Waals surface area (Å²) in [5.74, 6) is -0.470. The highest BCUT2D eigenvalue weighted by Gasteiger charge is 2.27. The SMILES string of the molecule is Nc1ccc(C(=O)N2CCN(C(=O)c3ccoc3)CC2)cc1[N+](=O)[O-]. The number of furan rings is 1. The molecule has 2 amide bonds. The quantitative estimate of drug-likeness (QED) is 0.509. The molecule has 0 saturated carbocycles. The van der Waals surface area contributed by atoms with Gasteiger partial charge < -0.3 is 20.0 Å². The molecule has 0 radical (unpaired) electrons. The fourth-order valence-electron chi connectivity index (χ4n) is 2.70. The minimum absolute atomic E-state index is 0.0112. The first-order chi connectivity index (χ1) is 12.0. The molecule has 25 heavy (non-hydrogen) atoms. The summed E-state index contributed by atoms with van der Waals surface area (Å²) < 4.78 is 4.91. The highest BCUT2D eigenvalue weighted by atomic mass is 16.6. The maximum Gasteiger partial charge on any atom is 0.292 e.